The van der Waals surface area contributed by atoms with E-state index in [9.17, 15) is 30.8 Å². The van der Waals surface area contributed by atoms with Crippen LogP contribution in [0.1, 0.15) is 22.3 Å². The standard InChI is InChI=1S/C22H22F4N2O3S/c23-17-4-5-19(15-2-1-3-16(12-15)22(24,25)26)20(13-17)21(29)28-9-7-27(8-10-28)18-6-11-32(30,31)14-18/h1-5,12-13,18H,6-11,14H2. The summed E-state index contributed by atoms with van der Waals surface area (Å²) in [6.45, 7) is 1.63. The van der Waals surface area contributed by atoms with E-state index in [2.05, 4.69) is 0 Å². The lowest BCUT2D eigenvalue weighted by Crippen LogP contribution is -2.52. The molecular formula is C22H22F4N2O3S. The molecule has 1 amide bonds. The van der Waals surface area contributed by atoms with Gasteiger partial charge in [-0.05, 0) is 41.8 Å². The Labute approximate surface area is 183 Å². The number of amides is 1. The van der Waals surface area contributed by atoms with Crippen LogP contribution >= 0.6 is 0 Å². The molecule has 32 heavy (non-hydrogen) atoms. The maximum atomic E-state index is 14.0. The minimum absolute atomic E-state index is 0.00113. The van der Waals surface area contributed by atoms with Gasteiger partial charge in [0, 0.05) is 32.2 Å². The Hall–Kier alpha value is -2.46. The molecule has 2 aromatic carbocycles. The van der Waals surface area contributed by atoms with Gasteiger partial charge in [-0.25, -0.2) is 12.8 Å². The molecule has 0 bridgehead atoms. The van der Waals surface area contributed by atoms with Gasteiger partial charge in [-0.1, -0.05) is 18.2 Å². The van der Waals surface area contributed by atoms with Crippen LogP contribution in [0.2, 0.25) is 0 Å². The number of sulfone groups is 1. The lowest BCUT2D eigenvalue weighted by molar-refractivity contribution is -0.137. The number of carbonyl (C=O) groups is 1. The smallest absolute Gasteiger partial charge is 0.336 e. The van der Waals surface area contributed by atoms with Crippen LogP contribution in [0.3, 0.4) is 0 Å². The Kier molecular flexibility index (Phi) is 6.02. The van der Waals surface area contributed by atoms with Crippen molar-refractivity contribution in [2.24, 2.45) is 0 Å². The highest BCUT2D eigenvalue weighted by Crippen LogP contribution is 2.34. The van der Waals surface area contributed by atoms with Crippen molar-refractivity contribution >= 4 is 15.7 Å². The summed E-state index contributed by atoms with van der Waals surface area (Å²) in [5.41, 5.74) is -0.441. The number of alkyl halides is 3. The number of carbonyl (C=O) groups excluding carboxylic acids is 1. The minimum Gasteiger partial charge on any atom is -0.336 e. The maximum Gasteiger partial charge on any atom is 0.416 e. The number of nitrogens with zero attached hydrogens (tertiary/aromatic N) is 2. The van der Waals surface area contributed by atoms with E-state index in [1.807, 2.05) is 4.90 Å². The number of benzene rings is 2. The molecule has 0 aromatic heterocycles. The highest BCUT2D eigenvalue weighted by atomic mass is 32.2. The Bertz CT molecular complexity index is 1130. The lowest BCUT2D eigenvalue weighted by Gasteiger charge is -2.37. The second-order valence-corrected chi connectivity index (χ2v) is 10.4. The molecule has 2 heterocycles. The summed E-state index contributed by atoms with van der Waals surface area (Å²) < 4.78 is 76.8. The number of rotatable bonds is 3. The molecule has 0 N–H and O–H groups in total. The van der Waals surface area contributed by atoms with Crippen LogP contribution in [-0.2, 0) is 16.0 Å². The molecule has 172 valence electrons. The van der Waals surface area contributed by atoms with Gasteiger partial charge in [0.25, 0.3) is 5.91 Å². The molecule has 10 heteroatoms. The predicted octanol–water partition coefficient (Wildman–Crippen LogP) is 3.46. The fourth-order valence-corrected chi connectivity index (χ4v) is 6.09. The average Bonchev–Trinajstić information content (AvgIpc) is 3.12. The monoisotopic (exact) mass is 470 g/mol. The van der Waals surface area contributed by atoms with E-state index in [0.717, 1.165) is 24.3 Å². The molecule has 2 saturated heterocycles. The predicted molar refractivity (Wildman–Crippen MR) is 111 cm³/mol. The van der Waals surface area contributed by atoms with Crippen molar-refractivity contribution in [1.29, 1.82) is 0 Å². The topological polar surface area (TPSA) is 57.7 Å². The number of hydrogen-bond donors (Lipinski definition) is 0. The third-order valence-electron chi connectivity index (χ3n) is 6.04. The molecule has 2 aromatic rings. The number of hydrogen-bond acceptors (Lipinski definition) is 4. The molecule has 0 saturated carbocycles. The second-order valence-electron chi connectivity index (χ2n) is 8.15. The first-order chi connectivity index (χ1) is 15.0. The van der Waals surface area contributed by atoms with Crippen molar-refractivity contribution in [3.63, 3.8) is 0 Å². The van der Waals surface area contributed by atoms with Crippen molar-refractivity contribution in [1.82, 2.24) is 9.80 Å². The van der Waals surface area contributed by atoms with Crippen molar-refractivity contribution in [3.8, 4) is 11.1 Å². The number of piperazine rings is 1. The summed E-state index contributed by atoms with van der Waals surface area (Å²) >= 11 is 0. The first-order valence-electron chi connectivity index (χ1n) is 10.2. The third kappa shape index (κ3) is 4.80. The first-order valence-corrected chi connectivity index (χ1v) is 12.1. The molecule has 2 fully saturated rings. The summed E-state index contributed by atoms with van der Waals surface area (Å²) in [5.74, 6) is -0.833. The summed E-state index contributed by atoms with van der Waals surface area (Å²) in [6, 6.07) is 8.02. The SMILES string of the molecule is O=C(c1cc(F)ccc1-c1cccc(C(F)(F)F)c1)N1CCN(C2CCS(=O)(=O)C2)CC1. The Balaban J connectivity index is 1.55. The molecule has 1 atom stereocenters. The number of halogens is 4. The van der Waals surface area contributed by atoms with Crippen LogP contribution in [-0.4, -0.2) is 67.9 Å². The van der Waals surface area contributed by atoms with Gasteiger partial charge in [0.2, 0.25) is 0 Å². The minimum atomic E-state index is -4.54. The van der Waals surface area contributed by atoms with Gasteiger partial charge in [-0.3, -0.25) is 9.69 Å². The molecule has 2 aliphatic heterocycles. The van der Waals surface area contributed by atoms with Crippen LogP contribution in [0, 0.1) is 5.82 Å². The lowest BCUT2D eigenvalue weighted by atomic mass is 9.96. The summed E-state index contributed by atoms with van der Waals surface area (Å²) in [5, 5.41) is 0. The molecule has 4 rings (SSSR count). The molecular weight excluding hydrogens is 448 g/mol. The quantitative estimate of drug-likeness (QED) is 0.645. The molecule has 0 aliphatic carbocycles. The largest absolute Gasteiger partial charge is 0.416 e. The van der Waals surface area contributed by atoms with Gasteiger partial charge >= 0.3 is 6.18 Å². The molecule has 5 nitrogen and oxygen atoms in total. The van der Waals surface area contributed by atoms with E-state index < -0.39 is 33.3 Å². The van der Waals surface area contributed by atoms with Crippen LogP contribution in [0.4, 0.5) is 17.6 Å². The van der Waals surface area contributed by atoms with Crippen molar-refractivity contribution in [2.45, 2.75) is 18.6 Å². The van der Waals surface area contributed by atoms with E-state index in [4.69, 9.17) is 0 Å². The zero-order valence-corrected chi connectivity index (χ0v) is 17.9. The molecule has 2 aliphatic rings. The fourth-order valence-electron chi connectivity index (χ4n) is 4.33. The average molecular weight is 470 g/mol. The van der Waals surface area contributed by atoms with E-state index >= 15 is 0 Å². The normalized spacial score (nSPS) is 21.6. The fraction of sp³-hybridized carbons (Fsp3) is 0.409. The van der Waals surface area contributed by atoms with Crippen LogP contribution in [0.5, 0.6) is 0 Å². The van der Waals surface area contributed by atoms with E-state index in [0.29, 0.717) is 32.6 Å². The molecule has 0 spiro atoms. The second kappa shape index (κ2) is 8.47. The van der Waals surface area contributed by atoms with Gasteiger partial charge in [-0.2, -0.15) is 13.2 Å². The van der Waals surface area contributed by atoms with Crippen molar-refractivity contribution in [3.05, 3.63) is 59.4 Å². The summed E-state index contributed by atoms with van der Waals surface area (Å²) in [4.78, 5) is 16.8. The van der Waals surface area contributed by atoms with Crippen LogP contribution < -0.4 is 0 Å². The zero-order chi connectivity index (χ0) is 23.1. The third-order valence-corrected chi connectivity index (χ3v) is 7.79. The summed E-state index contributed by atoms with van der Waals surface area (Å²) in [6.07, 6.45) is -3.97. The highest BCUT2D eigenvalue weighted by molar-refractivity contribution is 7.91. The van der Waals surface area contributed by atoms with Crippen LogP contribution in [0.25, 0.3) is 11.1 Å². The van der Waals surface area contributed by atoms with Crippen molar-refractivity contribution < 1.29 is 30.8 Å². The van der Waals surface area contributed by atoms with Gasteiger partial charge in [-0.15, -0.1) is 0 Å². The van der Waals surface area contributed by atoms with Gasteiger partial charge in [0.05, 0.1) is 22.6 Å². The van der Waals surface area contributed by atoms with Gasteiger partial charge in [0.15, 0.2) is 9.84 Å². The molecule has 0 radical (unpaired) electrons. The Morgan fingerprint density at radius 1 is 1.00 bits per heavy atom. The molecule has 1 unspecified atom stereocenters. The van der Waals surface area contributed by atoms with Gasteiger partial charge < -0.3 is 4.90 Å². The van der Waals surface area contributed by atoms with Crippen LogP contribution in [0.15, 0.2) is 42.5 Å². The van der Waals surface area contributed by atoms with E-state index in [1.54, 1.807) is 0 Å². The van der Waals surface area contributed by atoms with Gasteiger partial charge in [0.1, 0.15) is 5.82 Å². The van der Waals surface area contributed by atoms with E-state index in [-0.39, 0.29) is 34.2 Å². The summed E-state index contributed by atoms with van der Waals surface area (Å²) in [7, 11) is -3.02. The van der Waals surface area contributed by atoms with E-state index in [1.165, 1.54) is 23.1 Å². The zero-order valence-electron chi connectivity index (χ0n) is 17.1. The maximum absolute atomic E-state index is 14.0. The van der Waals surface area contributed by atoms with Crippen molar-refractivity contribution in [2.75, 3.05) is 37.7 Å². The highest BCUT2D eigenvalue weighted by Gasteiger charge is 2.35. The Morgan fingerprint density at radius 2 is 1.72 bits per heavy atom. The Morgan fingerprint density at radius 3 is 2.34 bits per heavy atom. The first kappa shape index (κ1) is 22.7.